The molecule has 3 aromatic rings. The third-order valence-corrected chi connectivity index (χ3v) is 4.19. The molecular formula is C19H20N6O3. The molecule has 0 aliphatic heterocycles. The number of benzene rings is 1. The summed E-state index contributed by atoms with van der Waals surface area (Å²) in [7, 11) is 2.77. The number of nitrogens with zero attached hydrogens (tertiary/aromatic N) is 4. The predicted octanol–water partition coefficient (Wildman–Crippen LogP) is 1.34. The van der Waals surface area contributed by atoms with Crippen LogP contribution in [-0.2, 0) is 20.7 Å². The van der Waals surface area contributed by atoms with E-state index in [-0.39, 0.29) is 5.84 Å². The Morgan fingerprint density at radius 3 is 2.50 bits per heavy atom. The van der Waals surface area contributed by atoms with Gasteiger partial charge in [0.25, 0.3) is 0 Å². The molecule has 144 valence electrons. The van der Waals surface area contributed by atoms with Crippen LogP contribution in [0.4, 0.5) is 0 Å². The van der Waals surface area contributed by atoms with Gasteiger partial charge in [0.05, 0.1) is 18.5 Å². The minimum absolute atomic E-state index is 0.0202. The summed E-state index contributed by atoms with van der Waals surface area (Å²) < 4.78 is 11.6. The van der Waals surface area contributed by atoms with E-state index in [2.05, 4.69) is 15.2 Å². The van der Waals surface area contributed by atoms with Gasteiger partial charge in [0, 0.05) is 30.9 Å². The standard InChI is InChI=1S/C19H20N6O3/c1-27-16(19(26)28-2)9-14-10-25(11-22-14)17-8-7-15(23-24-17)12-3-5-13(6-4-12)18(20)21/h3-8,10-11,16H,9H2,1-2H3,(H3,20,21). The van der Waals surface area contributed by atoms with E-state index in [1.54, 1.807) is 29.2 Å². The first-order chi connectivity index (χ1) is 13.5. The van der Waals surface area contributed by atoms with Crippen LogP contribution in [0.25, 0.3) is 17.1 Å². The Balaban J connectivity index is 1.74. The third kappa shape index (κ3) is 4.21. The predicted molar refractivity (Wildman–Crippen MR) is 102 cm³/mol. The highest BCUT2D eigenvalue weighted by atomic mass is 16.6. The van der Waals surface area contributed by atoms with Crippen LogP contribution < -0.4 is 5.73 Å². The van der Waals surface area contributed by atoms with E-state index >= 15 is 0 Å². The fourth-order valence-corrected chi connectivity index (χ4v) is 2.62. The van der Waals surface area contributed by atoms with E-state index in [0.717, 1.165) is 5.56 Å². The summed E-state index contributed by atoms with van der Waals surface area (Å²) in [6.45, 7) is 0. The molecule has 1 atom stereocenters. The van der Waals surface area contributed by atoms with E-state index in [0.29, 0.717) is 29.2 Å². The van der Waals surface area contributed by atoms with Crippen molar-refractivity contribution in [1.29, 1.82) is 5.41 Å². The Bertz CT molecular complexity index is 966. The smallest absolute Gasteiger partial charge is 0.335 e. The van der Waals surface area contributed by atoms with Gasteiger partial charge in [-0.3, -0.25) is 9.98 Å². The summed E-state index contributed by atoms with van der Waals surface area (Å²) in [6, 6.07) is 10.9. The van der Waals surface area contributed by atoms with E-state index in [9.17, 15) is 4.79 Å². The Kier molecular flexibility index (Phi) is 5.75. The Morgan fingerprint density at radius 2 is 1.93 bits per heavy atom. The van der Waals surface area contributed by atoms with Gasteiger partial charge in [-0.25, -0.2) is 9.78 Å². The van der Waals surface area contributed by atoms with Crippen LogP contribution in [-0.4, -0.2) is 51.9 Å². The molecule has 3 rings (SSSR count). The Hall–Kier alpha value is -3.59. The minimum atomic E-state index is -0.709. The van der Waals surface area contributed by atoms with E-state index in [1.807, 2.05) is 24.3 Å². The van der Waals surface area contributed by atoms with Crippen LogP contribution >= 0.6 is 0 Å². The number of hydrogen-bond acceptors (Lipinski definition) is 7. The first kappa shape index (κ1) is 19.2. The average Bonchev–Trinajstić information content (AvgIpc) is 3.20. The van der Waals surface area contributed by atoms with Crippen LogP contribution in [0.1, 0.15) is 11.3 Å². The SMILES string of the molecule is COC(=O)C(Cc1cn(-c2ccc(-c3ccc(C(=N)N)cc3)nn2)cn1)OC. The first-order valence-corrected chi connectivity index (χ1v) is 8.44. The lowest BCUT2D eigenvalue weighted by atomic mass is 10.1. The van der Waals surface area contributed by atoms with Gasteiger partial charge in [-0.2, -0.15) is 0 Å². The lowest BCUT2D eigenvalue weighted by molar-refractivity contribution is -0.152. The van der Waals surface area contributed by atoms with Gasteiger partial charge in [0.15, 0.2) is 11.9 Å². The number of rotatable bonds is 7. The van der Waals surface area contributed by atoms with Gasteiger partial charge in [-0.1, -0.05) is 24.3 Å². The molecule has 1 aromatic carbocycles. The van der Waals surface area contributed by atoms with Gasteiger partial charge in [0.2, 0.25) is 0 Å². The summed E-state index contributed by atoms with van der Waals surface area (Å²) >= 11 is 0. The zero-order valence-electron chi connectivity index (χ0n) is 15.5. The van der Waals surface area contributed by atoms with Crippen LogP contribution in [0.15, 0.2) is 48.9 Å². The van der Waals surface area contributed by atoms with Gasteiger partial charge < -0.3 is 15.2 Å². The molecule has 0 saturated carbocycles. The average molecular weight is 380 g/mol. The topological polar surface area (TPSA) is 129 Å². The number of carbonyl (C=O) groups excluding carboxylic acids is 1. The maximum atomic E-state index is 11.6. The molecule has 28 heavy (non-hydrogen) atoms. The van der Waals surface area contributed by atoms with Crippen LogP contribution in [0, 0.1) is 5.41 Å². The molecule has 0 bridgehead atoms. The second kappa shape index (κ2) is 8.40. The number of nitrogens with two attached hydrogens (primary N) is 1. The summed E-state index contributed by atoms with van der Waals surface area (Å²) in [5.74, 6) is 0.165. The number of methoxy groups -OCH3 is 2. The fourth-order valence-electron chi connectivity index (χ4n) is 2.62. The van der Waals surface area contributed by atoms with Crippen molar-refractivity contribution in [2.75, 3.05) is 14.2 Å². The monoisotopic (exact) mass is 380 g/mol. The molecule has 3 N–H and O–H groups in total. The summed E-state index contributed by atoms with van der Waals surface area (Å²) in [5.41, 5.74) is 8.36. The zero-order valence-corrected chi connectivity index (χ0v) is 15.5. The van der Waals surface area contributed by atoms with Gasteiger partial charge >= 0.3 is 5.97 Å². The molecular weight excluding hydrogens is 360 g/mol. The number of hydrogen-bond donors (Lipinski definition) is 2. The van der Waals surface area contributed by atoms with Gasteiger partial charge in [-0.05, 0) is 12.1 Å². The summed E-state index contributed by atoms with van der Waals surface area (Å²) in [5, 5.41) is 15.9. The molecule has 0 radical (unpaired) electrons. The number of carbonyl (C=O) groups is 1. The summed E-state index contributed by atoms with van der Waals surface area (Å²) in [4.78, 5) is 15.9. The van der Waals surface area contributed by atoms with Crippen LogP contribution in [0.5, 0.6) is 0 Å². The van der Waals surface area contributed by atoms with Gasteiger partial charge in [-0.15, -0.1) is 10.2 Å². The quantitative estimate of drug-likeness (QED) is 0.359. The molecule has 0 aliphatic rings. The Morgan fingerprint density at radius 1 is 1.18 bits per heavy atom. The Labute approximate surface area is 161 Å². The van der Waals surface area contributed by atoms with E-state index in [1.165, 1.54) is 14.2 Å². The van der Waals surface area contributed by atoms with Crippen molar-refractivity contribution in [1.82, 2.24) is 19.7 Å². The molecule has 2 aromatic heterocycles. The molecule has 9 nitrogen and oxygen atoms in total. The second-order valence-corrected chi connectivity index (χ2v) is 5.99. The molecule has 2 heterocycles. The lowest BCUT2D eigenvalue weighted by Crippen LogP contribution is -2.26. The van der Waals surface area contributed by atoms with Crippen molar-refractivity contribution in [2.24, 2.45) is 5.73 Å². The summed E-state index contributed by atoms with van der Waals surface area (Å²) in [6.07, 6.45) is 2.95. The van der Waals surface area contributed by atoms with Crippen molar-refractivity contribution in [2.45, 2.75) is 12.5 Å². The number of esters is 1. The molecule has 0 fully saturated rings. The fraction of sp³-hybridized carbons (Fsp3) is 0.211. The minimum Gasteiger partial charge on any atom is -0.467 e. The molecule has 0 saturated heterocycles. The van der Waals surface area contributed by atoms with Crippen molar-refractivity contribution >= 4 is 11.8 Å². The maximum absolute atomic E-state index is 11.6. The van der Waals surface area contributed by atoms with Crippen LogP contribution in [0.2, 0.25) is 0 Å². The molecule has 1 unspecified atom stereocenters. The molecule has 9 heteroatoms. The molecule has 0 spiro atoms. The van der Waals surface area contributed by atoms with E-state index in [4.69, 9.17) is 20.6 Å². The number of imidazole rings is 1. The van der Waals surface area contributed by atoms with Crippen molar-refractivity contribution in [3.8, 4) is 17.1 Å². The normalized spacial score (nSPS) is 11.8. The number of nitrogen functional groups attached to an aromatic ring is 1. The number of ether oxygens (including phenoxy) is 2. The first-order valence-electron chi connectivity index (χ1n) is 8.44. The van der Waals surface area contributed by atoms with Crippen molar-refractivity contribution in [3.05, 3.63) is 60.2 Å². The third-order valence-electron chi connectivity index (χ3n) is 4.19. The number of aromatic nitrogens is 4. The van der Waals surface area contributed by atoms with Crippen molar-refractivity contribution in [3.63, 3.8) is 0 Å². The van der Waals surface area contributed by atoms with Gasteiger partial charge in [0.1, 0.15) is 12.2 Å². The highest BCUT2D eigenvalue weighted by Crippen LogP contribution is 2.18. The lowest BCUT2D eigenvalue weighted by Gasteiger charge is -2.10. The van der Waals surface area contributed by atoms with Crippen LogP contribution in [0.3, 0.4) is 0 Å². The molecule has 0 amide bonds. The number of nitrogens with one attached hydrogen (secondary N) is 1. The number of amidine groups is 1. The van der Waals surface area contributed by atoms with E-state index < -0.39 is 12.1 Å². The molecule has 0 aliphatic carbocycles. The van der Waals surface area contributed by atoms with Crippen molar-refractivity contribution < 1.29 is 14.3 Å². The largest absolute Gasteiger partial charge is 0.467 e. The highest BCUT2D eigenvalue weighted by molar-refractivity contribution is 5.95. The maximum Gasteiger partial charge on any atom is 0.335 e. The second-order valence-electron chi connectivity index (χ2n) is 5.99. The zero-order chi connectivity index (χ0) is 20.1. The highest BCUT2D eigenvalue weighted by Gasteiger charge is 2.20.